The van der Waals surface area contributed by atoms with E-state index in [0.717, 1.165) is 29.9 Å². The maximum Gasteiger partial charge on any atom is 0.138 e. The van der Waals surface area contributed by atoms with Gasteiger partial charge in [-0.15, -0.1) is 0 Å². The summed E-state index contributed by atoms with van der Waals surface area (Å²) in [5, 5.41) is 3.86. The minimum Gasteiger partial charge on any atom is -0.364 e. The van der Waals surface area contributed by atoms with Crippen LogP contribution in [0.5, 0.6) is 0 Å². The Kier molecular flexibility index (Phi) is 3.65. The number of hydrogen-bond donors (Lipinski definition) is 1. The van der Waals surface area contributed by atoms with E-state index in [1.165, 1.54) is 0 Å². The number of nitrogens with one attached hydrogen (secondary N) is 1. The van der Waals surface area contributed by atoms with E-state index in [2.05, 4.69) is 15.3 Å². The van der Waals surface area contributed by atoms with Gasteiger partial charge in [-0.05, 0) is 37.5 Å². The Bertz CT molecular complexity index is 847. The second kappa shape index (κ2) is 5.81. The van der Waals surface area contributed by atoms with Crippen LogP contribution in [0.15, 0.2) is 42.7 Å². The first kappa shape index (κ1) is 14.5. The van der Waals surface area contributed by atoms with Crippen molar-refractivity contribution in [1.29, 1.82) is 0 Å². The van der Waals surface area contributed by atoms with Crippen molar-refractivity contribution in [3.63, 3.8) is 0 Å². The van der Waals surface area contributed by atoms with Crippen LogP contribution in [0, 0.1) is 0 Å². The molecule has 0 saturated heterocycles. The van der Waals surface area contributed by atoms with Crippen LogP contribution in [-0.2, 0) is 0 Å². The van der Waals surface area contributed by atoms with Crippen molar-refractivity contribution >= 4 is 23.1 Å². The van der Waals surface area contributed by atoms with Gasteiger partial charge in [0.25, 0.3) is 0 Å². The predicted molar refractivity (Wildman–Crippen MR) is 89.6 cm³/mol. The summed E-state index contributed by atoms with van der Waals surface area (Å²) in [4.78, 5) is 8.97. The van der Waals surface area contributed by atoms with Gasteiger partial charge in [-0.3, -0.25) is 4.40 Å². The zero-order chi connectivity index (χ0) is 15.8. The summed E-state index contributed by atoms with van der Waals surface area (Å²) in [5.41, 5.74) is 2.44. The summed E-state index contributed by atoms with van der Waals surface area (Å²) >= 11 is 5.99. The third-order valence-electron chi connectivity index (χ3n) is 4.25. The summed E-state index contributed by atoms with van der Waals surface area (Å²) in [7, 11) is 0. The van der Waals surface area contributed by atoms with Crippen LogP contribution in [0.25, 0.3) is 17.0 Å². The van der Waals surface area contributed by atoms with Gasteiger partial charge in [0.1, 0.15) is 17.6 Å². The number of hydrogen-bond acceptors (Lipinski definition) is 3. The predicted octanol–water partition coefficient (Wildman–Crippen LogP) is 4.35. The van der Waals surface area contributed by atoms with E-state index in [4.69, 9.17) is 11.6 Å². The molecule has 0 radical (unpaired) electrons. The Hall–Kier alpha value is -2.14. The summed E-state index contributed by atoms with van der Waals surface area (Å²) < 4.78 is 15.7. The van der Waals surface area contributed by atoms with Gasteiger partial charge in [-0.2, -0.15) is 0 Å². The fourth-order valence-corrected chi connectivity index (χ4v) is 3.22. The first-order valence-corrected chi connectivity index (χ1v) is 8.09. The zero-order valence-electron chi connectivity index (χ0n) is 12.4. The molecule has 0 bridgehead atoms. The second-order valence-corrected chi connectivity index (χ2v) is 6.26. The molecule has 118 valence electrons. The van der Waals surface area contributed by atoms with E-state index < -0.39 is 6.17 Å². The second-order valence-electron chi connectivity index (χ2n) is 5.82. The molecule has 1 fully saturated rings. The molecule has 0 aromatic carbocycles. The fraction of sp³-hybridized carbons (Fsp3) is 0.294. The molecule has 0 amide bonds. The Morgan fingerprint density at radius 1 is 1.26 bits per heavy atom. The van der Waals surface area contributed by atoms with E-state index in [1.54, 1.807) is 12.3 Å². The lowest BCUT2D eigenvalue weighted by Gasteiger charge is -2.16. The summed E-state index contributed by atoms with van der Waals surface area (Å²) in [6.07, 6.45) is 5.25. The number of rotatable bonds is 3. The number of aromatic nitrogens is 3. The molecule has 3 aromatic rings. The number of alkyl halides is 1. The molecule has 0 spiro atoms. The van der Waals surface area contributed by atoms with E-state index in [9.17, 15) is 4.39 Å². The maximum absolute atomic E-state index is 13.8. The van der Waals surface area contributed by atoms with Crippen LogP contribution in [0.3, 0.4) is 0 Å². The highest BCUT2D eigenvalue weighted by Crippen LogP contribution is 2.26. The van der Waals surface area contributed by atoms with E-state index >= 15 is 0 Å². The molecule has 23 heavy (non-hydrogen) atoms. The van der Waals surface area contributed by atoms with Gasteiger partial charge in [0.2, 0.25) is 0 Å². The quantitative estimate of drug-likeness (QED) is 0.776. The van der Waals surface area contributed by atoms with Gasteiger partial charge in [0, 0.05) is 17.3 Å². The van der Waals surface area contributed by atoms with E-state index in [1.807, 2.05) is 34.9 Å². The highest BCUT2D eigenvalue weighted by molar-refractivity contribution is 6.30. The number of nitrogens with zero attached hydrogens (tertiary/aromatic N) is 3. The first-order valence-electron chi connectivity index (χ1n) is 7.71. The molecular weight excluding hydrogens is 315 g/mol. The molecule has 1 saturated carbocycles. The number of anilines is 1. The number of halogens is 2. The van der Waals surface area contributed by atoms with Crippen LogP contribution < -0.4 is 5.32 Å². The lowest BCUT2D eigenvalue weighted by molar-refractivity contribution is 0.323. The smallest absolute Gasteiger partial charge is 0.138 e. The molecule has 1 aliphatic carbocycles. The summed E-state index contributed by atoms with van der Waals surface area (Å²) in [6, 6.07) is 9.19. The van der Waals surface area contributed by atoms with Crippen molar-refractivity contribution < 1.29 is 4.39 Å². The number of pyridine rings is 2. The van der Waals surface area contributed by atoms with Crippen molar-refractivity contribution in [3.05, 3.63) is 47.7 Å². The molecule has 1 N–H and O–H groups in total. The Balaban J connectivity index is 1.67. The molecule has 4 nitrogen and oxygen atoms in total. The van der Waals surface area contributed by atoms with Gasteiger partial charge in [-0.25, -0.2) is 14.4 Å². The monoisotopic (exact) mass is 330 g/mol. The van der Waals surface area contributed by atoms with Gasteiger partial charge < -0.3 is 5.32 Å². The molecular formula is C17H16ClFN4. The van der Waals surface area contributed by atoms with Crippen molar-refractivity contribution in [2.24, 2.45) is 0 Å². The number of imidazole rings is 1. The fourth-order valence-electron chi connectivity index (χ4n) is 3.07. The van der Waals surface area contributed by atoms with Crippen molar-refractivity contribution in [2.75, 3.05) is 5.32 Å². The molecule has 2 atom stereocenters. The zero-order valence-corrected chi connectivity index (χ0v) is 13.2. The van der Waals surface area contributed by atoms with Crippen LogP contribution in [0.4, 0.5) is 10.2 Å². The highest BCUT2D eigenvalue weighted by Gasteiger charge is 2.27. The molecule has 0 aliphatic heterocycles. The summed E-state index contributed by atoms with van der Waals surface area (Å²) in [5.74, 6) is 0.695. The van der Waals surface area contributed by atoms with Crippen molar-refractivity contribution in [2.45, 2.75) is 31.5 Å². The van der Waals surface area contributed by atoms with Crippen LogP contribution in [-0.4, -0.2) is 26.6 Å². The minimum atomic E-state index is -0.793. The molecule has 1 aliphatic rings. The average Bonchev–Trinajstić information content (AvgIpc) is 3.14. The lowest BCUT2D eigenvalue weighted by Crippen LogP contribution is -2.25. The highest BCUT2D eigenvalue weighted by atomic mass is 35.5. The van der Waals surface area contributed by atoms with Gasteiger partial charge >= 0.3 is 0 Å². The topological polar surface area (TPSA) is 42.2 Å². The minimum absolute atomic E-state index is 0.140. The standard InChI is InChI=1S/C17H16ClFN4/c18-11-7-8-23-15(10-20-17(23)9-11)14-5-2-6-16(22-14)21-13-4-1-3-12(13)19/h2,5-10,12-13H,1,3-4H2,(H,21,22)/t12-,13-/m0/s1. The van der Waals surface area contributed by atoms with E-state index in [0.29, 0.717) is 17.3 Å². The first-order chi connectivity index (χ1) is 11.2. The summed E-state index contributed by atoms with van der Waals surface area (Å²) in [6.45, 7) is 0. The SMILES string of the molecule is F[C@H]1CCC[C@@H]1Nc1cccc(-c2cnc3cc(Cl)ccn23)n1. The largest absolute Gasteiger partial charge is 0.364 e. The van der Waals surface area contributed by atoms with Crippen molar-refractivity contribution in [3.8, 4) is 11.4 Å². The Morgan fingerprint density at radius 3 is 3.00 bits per heavy atom. The van der Waals surface area contributed by atoms with Gasteiger partial charge in [0.15, 0.2) is 0 Å². The van der Waals surface area contributed by atoms with E-state index in [-0.39, 0.29) is 6.04 Å². The molecule has 3 aromatic heterocycles. The normalized spacial score (nSPS) is 21.0. The van der Waals surface area contributed by atoms with Crippen LogP contribution in [0.1, 0.15) is 19.3 Å². The van der Waals surface area contributed by atoms with Gasteiger partial charge in [-0.1, -0.05) is 17.7 Å². The molecule has 4 rings (SSSR count). The molecule has 0 unspecified atom stereocenters. The molecule has 6 heteroatoms. The average molecular weight is 331 g/mol. The Labute approximate surface area is 138 Å². The van der Waals surface area contributed by atoms with Crippen LogP contribution in [0.2, 0.25) is 5.02 Å². The lowest BCUT2D eigenvalue weighted by atomic mass is 10.2. The third kappa shape index (κ3) is 2.77. The van der Waals surface area contributed by atoms with Gasteiger partial charge in [0.05, 0.1) is 23.6 Å². The maximum atomic E-state index is 13.8. The number of fused-ring (bicyclic) bond motifs is 1. The van der Waals surface area contributed by atoms with Crippen molar-refractivity contribution in [1.82, 2.24) is 14.4 Å². The van der Waals surface area contributed by atoms with Crippen LogP contribution >= 0.6 is 11.6 Å². The third-order valence-corrected chi connectivity index (χ3v) is 4.49. The molecule has 3 heterocycles. The Morgan fingerprint density at radius 2 is 2.17 bits per heavy atom.